The van der Waals surface area contributed by atoms with Crippen LogP contribution in [-0.2, 0) is 37.4 Å². The number of aliphatic hydroxyl groups excluding tert-OH is 1. The number of amides is 12. The number of rotatable bonds is 21. The minimum absolute atomic E-state index is 0.0113. The molecule has 9 N–H and O–H groups in total. The summed E-state index contributed by atoms with van der Waals surface area (Å²) in [5.41, 5.74) is 1.21. The molecule has 2 unspecified atom stereocenters. The number of benzene rings is 9. The number of halogens is 12. The number of aliphatic hydroxyl groups is 1. The van der Waals surface area contributed by atoms with Crippen molar-refractivity contribution in [1.82, 2.24) is 36.2 Å². The molecule has 0 aliphatic carbocycles. The lowest BCUT2D eigenvalue weighted by molar-refractivity contribution is -0.120. The highest BCUT2D eigenvalue weighted by Gasteiger charge is 2.50. The van der Waals surface area contributed by atoms with Crippen molar-refractivity contribution in [3.05, 3.63) is 293 Å². The van der Waals surface area contributed by atoms with Gasteiger partial charge >= 0.3 is 24.1 Å². The minimum atomic E-state index is -2.90. The standard InChI is InChI=1S/C27H28F3N4O3P.C27H27F3N3O4P.2C26H26F3N4O3P/c1-15-8-10-19(18(28)13-15)32-26(36)33-23-25(35)34(14-27(23,2)3)20-11-9-16(21(29)22(20)30)17-7-6-12-31-24(17)38(4,5)37;1-15-8-10-20(19(28)12-15)31-27(36)32-21-13-16(14-34)33(26(21)35)22-11-9-18(24(29)25(22)30)17-6-4-5-7-23(17)38(2,3)37;2*1-14-7-9-19(18(27)12-14)31-26(35)32-20-13-15(2)33(25(20)34)21-10-8-16(22(28)23(21)29)17-6-5-11-30-24(17)37(3,4)36/h6-13,23H,14H2,1-5H3,(H2,32,33,36);4-12,16,21,34H,13-14H2,1-3H3,(H2,31,32,36);2*5-12,15,20H,13H2,1-4H3,(H2,31,32,35)/t23-;16-,21+;2*15?,20-/m0011/s1. The number of pyridine rings is 3. The first kappa shape index (κ1) is 113. The molecule has 7 heterocycles. The van der Waals surface area contributed by atoms with Crippen molar-refractivity contribution in [3.8, 4) is 44.5 Å². The van der Waals surface area contributed by atoms with Gasteiger partial charge in [-0.1, -0.05) is 80.6 Å². The molecule has 16 rings (SSSR count). The van der Waals surface area contributed by atoms with Gasteiger partial charge in [0, 0.05) is 86.9 Å². The van der Waals surface area contributed by atoms with Gasteiger partial charge in [-0.25, -0.2) is 71.9 Å². The van der Waals surface area contributed by atoms with E-state index < -0.39 is 206 Å². The Morgan fingerprint density at radius 3 is 0.953 bits per heavy atom. The number of carbonyl (C=O) groups is 8. The zero-order valence-corrected chi connectivity index (χ0v) is 87.5. The summed E-state index contributed by atoms with van der Waals surface area (Å²) < 4.78 is 230. The fourth-order valence-corrected chi connectivity index (χ4v) is 22.5. The molecule has 9 aromatic carbocycles. The third-order valence-corrected chi connectivity index (χ3v) is 30.8. The van der Waals surface area contributed by atoms with Crippen molar-refractivity contribution in [2.45, 2.75) is 117 Å². The van der Waals surface area contributed by atoms with E-state index in [1.807, 2.05) is 0 Å². The van der Waals surface area contributed by atoms with Crippen LogP contribution in [0, 0.1) is 103 Å². The van der Waals surface area contributed by atoms with Gasteiger partial charge in [-0.15, -0.1) is 0 Å². The average Bonchev–Trinajstić information content (AvgIpc) is 1.41. The molecule has 3 aromatic heterocycles. The third-order valence-electron chi connectivity index (χ3n) is 25.1. The number of aromatic nitrogens is 3. The van der Waals surface area contributed by atoms with Crippen LogP contribution in [0.5, 0.6) is 0 Å². The lowest BCUT2D eigenvalue weighted by atomic mass is 9.87. The fourth-order valence-electron chi connectivity index (χ4n) is 17.9. The molecule has 0 bridgehead atoms. The smallest absolute Gasteiger partial charge is 0.319 e. The van der Waals surface area contributed by atoms with Crippen LogP contribution in [0.15, 0.2) is 201 Å². The Balaban J connectivity index is 0.000000167. The fraction of sp³-hybridized carbons (Fsp3) is 0.274. The van der Waals surface area contributed by atoms with E-state index in [1.165, 1.54) is 205 Å². The molecule has 4 aliphatic rings. The quantitative estimate of drug-likeness (QED) is 0.0238. The first-order valence-corrected chi connectivity index (χ1v) is 57.2. The molecule has 28 nitrogen and oxygen atoms in total. The van der Waals surface area contributed by atoms with Crippen LogP contribution in [0.3, 0.4) is 0 Å². The second-order valence-corrected chi connectivity index (χ2v) is 51.3. The van der Waals surface area contributed by atoms with Crippen LogP contribution in [0.4, 0.5) is 117 Å². The summed E-state index contributed by atoms with van der Waals surface area (Å²) >= 11 is 0. The first-order chi connectivity index (χ1) is 70.4. The van der Waals surface area contributed by atoms with Crippen LogP contribution in [-0.4, -0.2) is 177 Å². The molecule has 7 atom stereocenters. The number of nitrogens with zero attached hydrogens (tertiary/aromatic N) is 7. The van der Waals surface area contributed by atoms with Gasteiger partial charge in [-0.3, -0.25) is 34.1 Å². The highest BCUT2D eigenvalue weighted by Crippen LogP contribution is 2.48. The van der Waals surface area contributed by atoms with Gasteiger partial charge in [0.2, 0.25) is 23.6 Å². The third kappa shape index (κ3) is 24.9. The van der Waals surface area contributed by atoms with Crippen molar-refractivity contribution in [1.29, 1.82) is 0 Å². The van der Waals surface area contributed by atoms with E-state index in [4.69, 9.17) is 0 Å². The summed E-state index contributed by atoms with van der Waals surface area (Å²) in [7, 11) is -11.5. The number of anilines is 8. The highest BCUT2D eigenvalue weighted by atomic mass is 31.2. The van der Waals surface area contributed by atoms with E-state index in [2.05, 4.69) is 57.5 Å². The maximum atomic E-state index is 15.4. The van der Waals surface area contributed by atoms with Crippen LogP contribution in [0.2, 0.25) is 0 Å². The molecule has 150 heavy (non-hydrogen) atoms. The molecule has 12 amide bonds. The second-order valence-electron chi connectivity index (χ2n) is 38.8. The Kier molecular flexibility index (Phi) is 34.1. The Bertz CT molecular complexity index is 7360. The summed E-state index contributed by atoms with van der Waals surface area (Å²) in [6.07, 6.45) is 4.48. The predicted octanol–water partition coefficient (Wildman–Crippen LogP) is 20.0. The molecule has 4 saturated heterocycles. The Hall–Kier alpha value is -14.6. The van der Waals surface area contributed by atoms with Crippen LogP contribution < -0.4 is 83.7 Å². The highest BCUT2D eigenvalue weighted by molar-refractivity contribution is 7.71. The monoisotopic (exact) mass is 2150 g/mol. The van der Waals surface area contributed by atoms with Crippen molar-refractivity contribution in [2.24, 2.45) is 5.41 Å². The molecule has 44 heteroatoms. The summed E-state index contributed by atoms with van der Waals surface area (Å²) in [5.74, 6) is -15.1. The molecule has 0 radical (unpaired) electrons. The van der Waals surface area contributed by atoms with E-state index in [1.54, 1.807) is 104 Å². The Morgan fingerprint density at radius 1 is 0.347 bits per heavy atom. The lowest BCUT2D eigenvalue weighted by Crippen LogP contribution is -2.48. The van der Waals surface area contributed by atoms with E-state index in [-0.39, 0.29) is 126 Å². The van der Waals surface area contributed by atoms with Crippen molar-refractivity contribution >= 4 is 143 Å². The van der Waals surface area contributed by atoms with Crippen LogP contribution >= 0.6 is 28.6 Å². The van der Waals surface area contributed by atoms with Crippen LogP contribution in [0.25, 0.3) is 44.5 Å². The number of aryl methyl sites for hydroxylation is 4. The zero-order chi connectivity index (χ0) is 110. The van der Waals surface area contributed by atoms with Gasteiger partial charge in [0.1, 0.15) is 92.3 Å². The number of hydrogen-bond donors (Lipinski definition) is 9. The Morgan fingerprint density at radius 2 is 0.633 bits per heavy atom. The molecule has 0 saturated carbocycles. The van der Waals surface area contributed by atoms with E-state index in [0.717, 1.165) is 19.6 Å². The number of carbonyl (C=O) groups excluding carboxylic acids is 8. The van der Waals surface area contributed by atoms with Gasteiger partial charge in [-0.05, 0) is 257 Å². The SMILES string of the molecule is Cc1ccc(NC(=O)N[C@@H]2CC(C)N(c3ccc(-c4cccnc4P(C)(C)=O)c(F)c3F)C2=O)c(F)c1.Cc1ccc(NC(=O)N[C@@H]2CC(C)N(c3ccc(-c4cccnc4P(C)(C)=O)c(F)c3F)C2=O)c(F)c1.Cc1ccc(NC(=O)N[C@@H]2C[C@@H](CO)N(c3ccc(-c4ccccc4P(C)(C)=O)c(F)c3F)C2=O)c(F)c1.Cc1ccc(NC(=O)N[C@H]2C(=O)N(c3ccc(-c4cccnc4P(C)(C)=O)c(F)c3F)CC2(C)C)c(F)c1. The largest absolute Gasteiger partial charge is 0.394 e. The zero-order valence-electron chi connectivity index (χ0n) is 83.9. The van der Waals surface area contributed by atoms with E-state index >= 15 is 35.1 Å². The second kappa shape index (κ2) is 45.5. The van der Waals surface area contributed by atoms with Crippen molar-refractivity contribution in [2.75, 3.05) is 107 Å². The Labute approximate surface area is 856 Å². The summed E-state index contributed by atoms with van der Waals surface area (Å²) in [6, 6.07) is 33.3. The van der Waals surface area contributed by atoms with Crippen LogP contribution in [0.1, 0.15) is 69.2 Å². The van der Waals surface area contributed by atoms with Gasteiger partial charge in [-0.2, -0.15) is 0 Å². The van der Waals surface area contributed by atoms with E-state index in [0.29, 0.717) is 27.6 Å². The van der Waals surface area contributed by atoms with Gasteiger partial charge in [0.05, 0.1) is 58.1 Å². The summed E-state index contributed by atoms with van der Waals surface area (Å²) in [4.78, 5) is 119. The maximum Gasteiger partial charge on any atom is 0.319 e. The molecular weight excluding hydrogens is 2040 g/mol. The molecule has 4 aliphatic heterocycles. The molecule has 12 aromatic rings. The number of nitrogens with one attached hydrogen (secondary N) is 8. The molecular formula is C106H107F12N15O13P4. The minimum Gasteiger partial charge on any atom is -0.394 e. The number of urea groups is 4. The molecule has 0 spiro atoms. The topological polar surface area (TPSA) is 373 Å². The maximum absolute atomic E-state index is 15.4. The van der Waals surface area contributed by atoms with Gasteiger partial charge < -0.3 is 85.5 Å². The lowest BCUT2D eigenvalue weighted by Gasteiger charge is -2.24. The van der Waals surface area contributed by atoms with E-state index in [9.17, 15) is 79.3 Å². The first-order valence-electron chi connectivity index (χ1n) is 46.7. The van der Waals surface area contributed by atoms with Crippen molar-refractivity contribution in [3.63, 3.8) is 0 Å². The average molecular weight is 2150 g/mol. The summed E-state index contributed by atoms with van der Waals surface area (Å²) in [5, 5.41) is 29.6. The number of hydrogen-bond acceptors (Lipinski definition) is 16. The normalized spacial score (nSPS) is 17.5. The summed E-state index contributed by atoms with van der Waals surface area (Å²) in [6.45, 7) is 24.9. The predicted molar refractivity (Wildman–Crippen MR) is 557 cm³/mol. The van der Waals surface area contributed by atoms with Gasteiger partial charge in [0.25, 0.3) is 0 Å². The van der Waals surface area contributed by atoms with Gasteiger partial charge in [0.15, 0.2) is 46.5 Å². The van der Waals surface area contributed by atoms with Crippen molar-refractivity contribution < 1.29 is 114 Å². The molecule has 788 valence electrons. The molecule has 4 fully saturated rings.